The van der Waals surface area contributed by atoms with Gasteiger partial charge in [0.05, 0.1) is 12.0 Å². The SMILES string of the molecule is CCCC1CC2=C(C2)C1N1C[C@@H]2c3cc(Cl)ccc3Oc3ccccc3[C@H]2C1=O. The summed E-state index contributed by atoms with van der Waals surface area (Å²) in [7, 11) is 0. The molecule has 4 aliphatic rings. The van der Waals surface area contributed by atoms with E-state index >= 15 is 0 Å². The molecule has 2 heterocycles. The van der Waals surface area contributed by atoms with Crippen LogP contribution in [0.5, 0.6) is 11.5 Å². The number of rotatable bonds is 3. The third-order valence-electron chi connectivity index (χ3n) is 7.23. The van der Waals surface area contributed by atoms with Crippen LogP contribution < -0.4 is 4.74 Å². The molecular formula is C25H24ClNO2. The minimum absolute atomic E-state index is 0.0746. The van der Waals surface area contributed by atoms with Gasteiger partial charge in [0, 0.05) is 28.6 Å². The van der Waals surface area contributed by atoms with Gasteiger partial charge in [0.25, 0.3) is 0 Å². The summed E-state index contributed by atoms with van der Waals surface area (Å²) in [6.07, 6.45) is 4.70. The number of ether oxygens (including phenoxy) is 1. The normalized spacial score (nSPS) is 29.0. The predicted octanol–water partition coefficient (Wildman–Crippen LogP) is 6.04. The fourth-order valence-electron chi connectivity index (χ4n) is 5.98. The van der Waals surface area contributed by atoms with E-state index in [2.05, 4.69) is 17.9 Å². The number of likely N-dealkylation sites (tertiary alicyclic amines) is 1. The molecule has 29 heavy (non-hydrogen) atoms. The summed E-state index contributed by atoms with van der Waals surface area (Å²) in [5, 5.41) is 0.694. The lowest BCUT2D eigenvalue weighted by Crippen LogP contribution is -2.41. The number of carbonyl (C=O) groups excluding carboxylic acids is 1. The number of hydrogen-bond acceptors (Lipinski definition) is 2. The van der Waals surface area contributed by atoms with Crippen LogP contribution in [0.15, 0.2) is 53.6 Å². The van der Waals surface area contributed by atoms with E-state index in [0.29, 0.717) is 17.0 Å². The third kappa shape index (κ3) is 2.60. The quantitative estimate of drug-likeness (QED) is 0.582. The van der Waals surface area contributed by atoms with E-state index in [0.717, 1.165) is 35.6 Å². The van der Waals surface area contributed by atoms with Crippen molar-refractivity contribution in [1.82, 2.24) is 4.90 Å². The Bertz CT molecular complexity index is 1060. The van der Waals surface area contributed by atoms with Gasteiger partial charge in [-0.2, -0.15) is 0 Å². The van der Waals surface area contributed by atoms with Crippen molar-refractivity contribution in [1.29, 1.82) is 0 Å². The molecule has 2 aliphatic carbocycles. The van der Waals surface area contributed by atoms with E-state index in [9.17, 15) is 4.79 Å². The molecule has 2 aromatic rings. The highest BCUT2D eigenvalue weighted by atomic mass is 35.5. The Morgan fingerprint density at radius 2 is 1.97 bits per heavy atom. The Labute approximate surface area is 176 Å². The third-order valence-corrected chi connectivity index (χ3v) is 7.47. The Morgan fingerprint density at radius 3 is 2.83 bits per heavy atom. The summed E-state index contributed by atoms with van der Waals surface area (Å²) >= 11 is 6.36. The lowest BCUT2D eigenvalue weighted by Gasteiger charge is -2.32. The highest BCUT2D eigenvalue weighted by Crippen LogP contribution is 2.56. The van der Waals surface area contributed by atoms with Crippen LogP contribution in [0.4, 0.5) is 0 Å². The second kappa shape index (κ2) is 6.37. The van der Waals surface area contributed by atoms with Crippen LogP contribution in [0.25, 0.3) is 0 Å². The van der Waals surface area contributed by atoms with Gasteiger partial charge in [0.1, 0.15) is 11.5 Å². The molecule has 1 saturated heterocycles. The van der Waals surface area contributed by atoms with Crippen molar-refractivity contribution < 1.29 is 9.53 Å². The van der Waals surface area contributed by atoms with Crippen LogP contribution in [-0.4, -0.2) is 23.4 Å². The number of para-hydroxylation sites is 1. The number of benzene rings is 2. The van der Waals surface area contributed by atoms with Crippen LogP contribution in [0, 0.1) is 5.92 Å². The van der Waals surface area contributed by atoms with Crippen LogP contribution in [0.3, 0.4) is 0 Å². The van der Waals surface area contributed by atoms with Gasteiger partial charge in [-0.3, -0.25) is 4.79 Å². The second-order valence-corrected chi connectivity index (χ2v) is 9.34. The van der Waals surface area contributed by atoms with Gasteiger partial charge in [-0.15, -0.1) is 0 Å². The van der Waals surface area contributed by atoms with Gasteiger partial charge < -0.3 is 9.64 Å². The molecule has 0 radical (unpaired) electrons. The lowest BCUT2D eigenvalue weighted by atomic mass is 9.84. The molecule has 6 rings (SSSR count). The number of allylic oxidation sites excluding steroid dienone is 1. The molecule has 4 heteroatoms. The Morgan fingerprint density at radius 1 is 1.14 bits per heavy atom. The smallest absolute Gasteiger partial charge is 0.231 e. The molecule has 0 N–H and O–H groups in total. The van der Waals surface area contributed by atoms with Crippen molar-refractivity contribution >= 4 is 17.5 Å². The minimum Gasteiger partial charge on any atom is -0.457 e. The maximum atomic E-state index is 13.9. The second-order valence-electron chi connectivity index (χ2n) is 8.90. The molecule has 0 aromatic heterocycles. The van der Waals surface area contributed by atoms with Gasteiger partial charge in [-0.1, -0.05) is 48.7 Å². The number of fused-ring (bicyclic) bond motifs is 5. The molecule has 2 aromatic carbocycles. The van der Waals surface area contributed by atoms with Crippen LogP contribution in [0.2, 0.25) is 5.02 Å². The van der Waals surface area contributed by atoms with Crippen LogP contribution in [-0.2, 0) is 4.79 Å². The van der Waals surface area contributed by atoms with Crippen LogP contribution in [0.1, 0.15) is 55.6 Å². The highest BCUT2D eigenvalue weighted by molar-refractivity contribution is 6.30. The molecule has 0 saturated carbocycles. The largest absolute Gasteiger partial charge is 0.457 e. The number of hydrogen-bond donors (Lipinski definition) is 0. The first kappa shape index (κ1) is 17.6. The highest BCUT2D eigenvalue weighted by Gasteiger charge is 2.53. The van der Waals surface area contributed by atoms with Gasteiger partial charge >= 0.3 is 0 Å². The van der Waals surface area contributed by atoms with E-state index in [1.165, 1.54) is 19.3 Å². The molecule has 4 atom stereocenters. The Balaban J connectivity index is 1.46. The van der Waals surface area contributed by atoms with E-state index in [4.69, 9.17) is 16.3 Å². The molecule has 0 spiro atoms. The van der Waals surface area contributed by atoms with Gasteiger partial charge in [0.15, 0.2) is 0 Å². The fourth-order valence-corrected chi connectivity index (χ4v) is 6.16. The standard InChI is InChI=1S/C25H24ClNO2/c1-2-5-14-10-15-11-18(15)24(14)27-13-20-19-12-16(26)8-9-22(19)29-21-7-4-3-6-17(21)23(20)25(27)28/h3-4,6-9,12,14,20,23-24H,2,5,10-11,13H2,1H3/t14?,20-,23-,24?/m1/s1. The van der Waals surface area contributed by atoms with Crippen molar-refractivity contribution in [2.75, 3.05) is 6.54 Å². The summed E-state index contributed by atoms with van der Waals surface area (Å²) in [5.41, 5.74) is 5.22. The van der Waals surface area contributed by atoms with Gasteiger partial charge in [-0.25, -0.2) is 0 Å². The summed E-state index contributed by atoms with van der Waals surface area (Å²) in [5.74, 6) is 2.34. The first-order chi connectivity index (χ1) is 14.2. The monoisotopic (exact) mass is 405 g/mol. The summed E-state index contributed by atoms with van der Waals surface area (Å²) in [6, 6.07) is 14.1. The van der Waals surface area contributed by atoms with Gasteiger partial charge in [-0.05, 0) is 55.0 Å². The van der Waals surface area contributed by atoms with E-state index in [-0.39, 0.29) is 17.7 Å². The average Bonchev–Trinajstić information content (AvgIpc) is 3.30. The Hall–Kier alpha value is -2.26. The van der Waals surface area contributed by atoms with Crippen molar-refractivity contribution in [3.05, 3.63) is 69.8 Å². The van der Waals surface area contributed by atoms with E-state index < -0.39 is 0 Å². The topological polar surface area (TPSA) is 29.5 Å². The predicted molar refractivity (Wildman–Crippen MR) is 114 cm³/mol. The molecule has 3 nitrogen and oxygen atoms in total. The lowest BCUT2D eigenvalue weighted by molar-refractivity contribution is -0.131. The number of carbonyl (C=O) groups is 1. The van der Waals surface area contributed by atoms with Crippen molar-refractivity contribution in [3.8, 4) is 11.5 Å². The number of amides is 1. The molecule has 2 aliphatic heterocycles. The molecule has 0 bridgehead atoms. The first-order valence-electron chi connectivity index (χ1n) is 10.7. The zero-order valence-electron chi connectivity index (χ0n) is 16.5. The molecule has 1 amide bonds. The number of nitrogens with zero attached hydrogens (tertiary/aromatic N) is 1. The fraction of sp³-hybridized carbons (Fsp3) is 0.400. The zero-order chi connectivity index (χ0) is 19.7. The average molecular weight is 406 g/mol. The Kier molecular flexibility index (Phi) is 3.86. The number of halogens is 1. The van der Waals surface area contributed by atoms with Crippen molar-refractivity contribution in [3.63, 3.8) is 0 Å². The minimum atomic E-state index is -0.198. The van der Waals surface area contributed by atoms with Crippen molar-refractivity contribution in [2.24, 2.45) is 5.92 Å². The zero-order valence-corrected chi connectivity index (χ0v) is 17.3. The maximum absolute atomic E-state index is 13.9. The van der Waals surface area contributed by atoms with Crippen molar-refractivity contribution in [2.45, 2.75) is 50.5 Å². The first-order valence-corrected chi connectivity index (χ1v) is 11.1. The molecule has 2 unspecified atom stereocenters. The summed E-state index contributed by atoms with van der Waals surface area (Å²) in [4.78, 5) is 16.1. The van der Waals surface area contributed by atoms with Gasteiger partial charge in [0.2, 0.25) is 5.91 Å². The van der Waals surface area contributed by atoms with E-state index in [1.54, 1.807) is 11.1 Å². The molecule has 1 fully saturated rings. The van der Waals surface area contributed by atoms with Crippen LogP contribution >= 0.6 is 11.6 Å². The molecular weight excluding hydrogens is 382 g/mol. The van der Waals surface area contributed by atoms with E-state index in [1.807, 2.05) is 36.4 Å². The maximum Gasteiger partial charge on any atom is 0.231 e. The molecule has 148 valence electrons. The summed E-state index contributed by atoms with van der Waals surface area (Å²) < 4.78 is 6.25. The summed E-state index contributed by atoms with van der Waals surface area (Å²) in [6.45, 7) is 2.99.